The summed E-state index contributed by atoms with van der Waals surface area (Å²) in [6.45, 7) is 8.31. The van der Waals surface area contributed by atoms with E-state index in [1.54, 1.807) is 18.9 Å². The van der Waals surface area contributed by atoms with Gasteiger partial charge in [0.15, 0.2) is 11.0 Å². The van der Waals surface area contributed by atoms with E-state index in [1.165, 1.54) is 35.3 Å². The van der Waals surface area contributed by atoms with Crippen molar-refractivity contribution in [3.05, 3.63) is 84.2 Å². The minimum Gasteiger partial charge on any atom is -0.497 e. The standard InChI is InChI=1S/C33H35F3N6O3S/c1-20(2)28-18-27(44-5)14-15-29(28)42-21(3)16-17-46-32(42)39-31(43)38-22(4)23-6-8-24(9-7-23)30-37-19-41(40-30)25-10-12-26(13-11-25)45-33(34,35)36/h6-15,18-22H,16-17H2,1-5H3,(H,38,43)/b39-32-. The molecule has 0 aliphatic carbocycles. The Balaban J connectivity index is 1.26. The summed E-state index contributed by atoms with van der Waals surface area (Å²) in [6.07, 6.45) is -2.31. The summed E-state index contributed by atoms with van der Waals surface area (Å²) in [4.78, 5) is 24.2. The lowest BCUT2D eigenvalue weighted by atomic mass is 9.99. The van der Waals surface area contributed by atoms with Gasteiger partial charge < -0.3 is 19.7 Å². The number of alkyl halides is 3. The van der Waals surface area contributed by atoms with Gasteiger partial charge in [-0.05, 0) is 79.8 Å². The number of methoxy groups -OCH3 is 1. The first kappa shape index (κ1) is 32.9. The Morgan fingerprint density at radius 2 is 1.74 bits per heavy atom. The van der Waals surface area contributed by atoms with Gasteiger partial charge >= 0.3 is 12.4 Å². The third kappa shape index (κ3) is 7.82. The van der Waals surface area contributed by atoms with E-state index in [2.05, 4.69) is 50.8 Å². The molecule has 0 radical (unpaired) electrons. The molecule has 9 nitrogen and oxygen atoms in total. The van der Waals surface area contributed by atoms with Crippen LogP contribution in [-0.4, -0.2) is 51.2 Å². The molecule has 1 fully saturated rings. The zero-order chi connectivity index (χ0) is 33.0. The number of amides is 2. The molecule has 2 unspecified atom stereocenters. The maximum atomic E-state index is 13.2. The minimum atomic E-state index is -4.76. The third-order valence-electron chi connectivity index (χ3n) is 7.56. The molecule has 46 heavy (non-hydrogen) atoms. The van der Waals surface area contributed by atoms with E-state index in [9.17, 15) is 18.0 Å². The molecule has 0 bridgehead atoms. The second-order valence-electron chi connectivity index (χ2n) is 11.2. The van der Waals surface area contributed by atoms with E-state index in [-0.39, 0.29) is 23.8 Å². The second kappa shape index (κ2) is 13.9. The third-order valence-corrected chi connectivity index (χ3v) is 8.55. The number of anilines is 1. The molecule has 0 spiro atoms. The van der Waals surface area contributed by atoms with Crippen LogP contribution in [0, 0.1) is 0 Å². The van der Waals surface area contributed by atoms with Crippen LogP contribution < -0.4 is 19.7 Å². The molecule has 5 rings (SSSR count). The number of urea groups is 1. The van der Waals surface area contributed by atoms with Gasteiger partial charge in [-0.25, -0.2) is 14.5 Å². The predicted molar refractivity (Wildman–Crippen MR) is 174 cm³/mol. The Hall–Kier alpha value is -4.52. The number of nitrogens with zero attached hydrogens (tertiary/aromatic N) is 5. The van der Waals surface area contributed by atoms with Gasteiger partial charge in [-0.2, -0.15) is 4.99 Å². The number of halogens is 3. The highest BCUT2D eigenvalue weighted by Crippen LogP contribution is 2.37. The van der Waals surface area contributed by atoms with Crippen LogP contribution >= 0.6 is 11.8 Å². The molecule has 2 amide bonds. The summed E-state index contributed by atoms with van der Waals surface area (Å²) >= 11 is 1.57. The maximum absolute atomic E-state index is 13.2. The summed E-state index contributed by atoms with van der Waals surface area (Å²) < 4.78 is 48.2. The van der Waals surface area contributed by atoms with Gasteiger partial charge in [0, 0.05) is 23.0 Å². The van der Waals surface area contributed by atoms with Crippen LogP contribution in [0.4, 0.5) is 23.7 Å². The van der Waals surface area contributed by atoms with Crippen LogP contribution in [0.3, 0.4) is 0 Å². The summed E-state index contributed by atoms with van der Waals surface area (Å²) in [7, 11) is 1.65. The van der Waals surface area contributed by atoms with E-state index in [1.807, 2.05) is 49.4 Å². The average Bonchev–Trinajstić information content (AvgIpc) is 3.51. The second-order valence-corrected chi connectivity index (χ2v) is 12.2. The molecule has 1 saturated heterocycles. The van der Waals surface area contributed by atoms with E-state index in [0.717, 1.165) is 40.3 Å². The summed E-state index contributed by atoms with van der Waals surface area (Å²) in [5.74, 6) is 2.03. The van der Waals surface area contributed by atoms with Crippen molar-refractivity contribution in [1.82, 2.24) is 20.1 Å². The number of amidine groups is 1. The number of benzene rings is 3. The highest BCUT2D eigenvalue weighted by Gasteiger charge is 2.31. The number of carbonyl (C=O) groups is 1. The number of rotatable bonds is 8. The lowest BCUT2D eigenvalue weighted by Crippen LogP contribution is -2.42. The van der Waals surface area contributed by atoms with Crippen LogP contribution in [0.15, 0.2) is 78.0 Å². The number of thioether (sulfide) groups is 1. The molecule has 1 aliphatic heterocycles. The topological polar surface area (TPSA) is 93.9 Å². The van der Waals surface area contributed by atoms with Crippen LogP contribution in [0.1, 0.15) is 57.2 Å². The first-order chi connectivity index (χ1) is 21.9. The average molecular weight is 653 g/mol. The van der Waals surface area contributed by atoms with Gasteiger partial charge in [-0.15, -0.1) is 18.3 Å². The number of nitrogens with one attached hydrogen (secondary N) is 1. The molecule has 3 aromatic carbocycles. The Morgan fingerprint density at radius 1 is 1.04 bits per heavy atom. The molecule has 1 aromatic heterocycles. The zero-order valence-corrected chi connectivity index (χ0v) is 26.9. The fourth-order valence-corrected chi connectivity index (χ4v) is 6.31. The molecule has 1 N–H and O–H groups in total. The van der Waals surface area contributed by atoms with Crippen molar-refractivity contribution in [3.63, 3.8) is 0 Å². The van der Waals surface area contributed by atoms with Gasteiger partial charge in [0.05, 0.1) is 18.8 Å². The molecule has 1 aliphatic rings. The highest BCUT2D eigenvalue weighted by molar-refractivity contribution is 8.14. The van der Waals surface area contributed by atoms with E-state index < -0.39 is 12.4 Å². The number of carbonyl (C=O) groups excluding carboxylic acids is 1. The van der Waals surface area contributed by atoms with Crippen LogP contribution in [-0.2, 0) is 0 Å². The first-order valence-electron chi connectivity index (χ1n) is 14.8. The predicted octanol–water partition coefficient (Wildman–Crippen LogP) is 8.12. The Labute approximate surface area is 269 Å². The van der Waals surface area contributed by atoms with Crippen molar-refractivity contribution in [2.24, 2.45) is 4.99 Å². The molecular weight excluding hydrogens is 617 g/mol. The van der Waals surface area contributed by atoms with Crippen LogP contribution in [0.25, 0.3) is 17.1 Å². The number of ether oxygens (including phenoxy) is 2. The minimum absolute atomic E-state index is 0.170. The molecule has 13 heteroatoms. The van der Waals surface area contributed by atoms with E-state index in [4.69, 9.17) is 4.74 Å². The summed E-state index contributed by atoms with van der Waals surface area (Å²) in [6, 6.07) is 18.3. The van der Waals surface area contributed by atoms with Gasteiger partial charge in [-0.1, -0.05) is 49.9 Å². The van der Waals surface area contributed by atoms with Crippen LogP contribution in [0.5, 0.6) is 11.5 Å². The molecule has 2 heterocycles. The smallest absolute Gasteiger partial charge is 0.497 e. The molecule has 2 atom stereocenters. The summed E-state index contributed by atoms with van der Waals surface area (Å²) in [5.41, 5.74) is 4.29. The molecule has 242 valence electrons. The van der Waals surface area contributed by atoms with Crippen LogP contribution in [0.2, 0.25) is 0 Å². The fourth-order valence-electron chi connectivity index (χ4n) is 5.10. The Morgan fingerprint density at radius 3 is 2.39 bits per heavy atom. The van der Waals surface area contributed by atoms with Crippen molar-refractivity contribution < 1.29 is 27.4 Å². The van der Waals surface area contributed by atoms with Crippen molar-refractivity contribution in [1.29, 1.82) is 0 Å². The maximum Gasteiger partial charge on any atom is 0.573 e. The van der Waals surface area contributed by atoms with Crippen molar-refractivity contribution in [2.75, 3.05) is 17.8 Å². The largest absolute Gasteiger partial charge is 0.573 e. The SMILES string of the molecule is COc1ccc(N2/C(=N/C(=O)NC(C)c3ccc(-c4ncn(-c5ccc(OC(F)(F)F)cc5)n4)cc3)SCCC2C)c(C(C)C)c1. The quantitative estimate of drug-likeness (QED) is 0.205. The van der Waals surface area contributed by atoms with Gasteiger partial charge in [0.1, 0.15) is 17.8 Å². The number of hydrogen-bond acceptors (Lipinski definition) is 6. The lowest BCUT2D eigenvalue weighted by Gasteiger charge is -2.37. The highest BCUT2D eigenvalue weighted by atomic mass is 32.2. The van der Waals surface area contributed by atoms with Crippen molar-refractivity contribution in [3.8, 4) is 28.6 Å². The van der Waals surface area contributed by atoms with E-state index in [0.29, 0.717) is 16.7 Å². The van der Waals surface area contributed by atoms with Gasteiger partial charge in [-0.3, -0.25) is 0 Å². The summed E-state index contributed by atoms with van der Waals surface area (Å²) in [5, 5.41) is 8.10. The molecular formula is C33H35F3N6O3S. The molecule has 4 aromatic rings. The number of aliphatic imine (C=N–C) groups is 1. The molecule has 0 saturated carbocycles. The lowest BCUT2D eigenvalue weighted by molar-refractivity contribution is -0.274. The zero-order valence-electron chi connectivity index (χ0n) is 26.1. The normalized spacial score (nSPS) is 16.8. The van der Waals surface area contributed by atoms with E-state index >= 15 is 0 Å². The number of hydrogen-bond donors (Lipinski definition) is 1. The first-order valence-corrected chi connectivity index (χ1v) is 15.8. The fraction of sp³-hybridized carbons (Fsp3) is 0.333. The van der Waals surface area contributed by atoms with Crippen molar-refractivity contribution in [2.45, 2.75) is 58.5 Å². The van der Waals surface area contributed by atoms with Gasteiger partial charge in [0.2, 0.25) is 0 Å². The number of aromatic nitrogens is 3. The Kier molecular flexibility index (Phi) is 9.90. The Bertz CT molecular complexity index is 1690. The monoisotopic (exact) mass is 652 g/mol. The van der Waals surface area contributed by atoms with Gasteiger partial charge in [0.25, 0.3) is 0 Å². The van der Waals surface area contributed by atoms with Crippen molar-refractivity contribution >= 4 is 28.6 Å².